The van der Waals surface area contributed by atoms with Crippen molar-refractivity contribution in [2.75, 3.05) is 7.11 Å². The summed E-state index contributed by atoms with van der Waals surface area (Å²) in [5.41, 5.74) is -0.126. The van der Waals surface area contributed by atoms with E-state index in [2.05, 4.69) is 18.6 Å². The van der Waals surface area contributed by atoms with Crippen molar-refractivity contribution in [1.29, 1.82) is 0 Å². The Morgan fingerprint density at radius 3 is 2.34 bits per heavy atom. The molecule has 0 amide bonds. The molecule has 0 aromatic carbocycles. The normalized spacial score (nSPS) is 40.4. The second-order valence-corrected chi connectivity index (χ2v) is 10.9. The second kappa shape index (κ2) is 8.11. The van der Waals surface area contributed by atoms with Crippen molar-refractivity contribution in [2.45, 2.75) is 90.6 Å². The van der Waals surface area contributed by atoms with Crippen molar-refractivity contribution in [3.05, 3.63) is 11.6 Å². The number of esters is 2. The van der Waals surface area contributed by atoms with Gasteiger partial charge < -0.3 is 9.47 Å². The number of fused-ring (bicyclic) bond motifs is 5. The Labute approximate surface area is 190 Å². The van der Waals surface area contributed by atoms with Crippen molar-refractivity contribution >= 4 is 23.5 Å². The first-order valence-electron chi connectivity index (χ1n) is 12.1. The molecule has 0 spiro atoms. The van der Waals surface area contributed by atoms with Crippen LogP contribution in [0, 0.1) is 28.6 Å². The molecule has 4 rings (SSSR count). The van der Waals surface area contributed by atoms with E-state index in [4.69, 9.17) is 4.74 Å². The van der Waals surface area contributed by atoms with Gasteiger partial charge in [0.1, 0.15) is 0 Å². The molecule has 0 aromatic rings. The topological polar surface area (TPSA) is 86.7 Å². The smallest absolute Gasteiger partial charge is 0.307 e. The lowest BCUT2D eigenvalue weighted by Crippen LogP contribution is -2.58. The maximum atomic E-state index is 13.0. The third-order valence-electron chi connectivity index (χ3n) is 9.70. The molecule has 0 unspecified atom stereocenters. The second-order valence-electron chi connectivity index (χ2n) is 10.9. The highest BCUT2D eigenvalue weighted by atomic mass is 16.6. The van der Waals surface area contributed by atoms with Crippen LogP contribution in [0.1, 0.15) is 85.0 Å². The zero-order valence-corrected chi connectivity index (χ0v) is 19.8. The minimum absolute atomic E-state index is 0.0413. The fraction of sp³-hybridized carbons (Fsp3) is 0.769. The number of Topliss-reactive ketones (excluding diaryl/α,β-unsaturated/α-hetero) is 1. The molecule has 4 aliphatic carbocycles. The molecule has 0 aromatic heterocycles. The van der Waals surface area contributed by atoms with Crippen LogP contribution in [0.4, 0.5) is 0 Å². The first-order valence-corrected chi connectivity index (χ1v) is 12.1. The fourth-order valence-electron chi connectivity index (χ4n) is 7.93. The Balaban J connectivity index is 1.59. The van der Waals surface area contributed by atoms with Crippen LogP contribution in [0.3, 0.4) is 0 Å². The molecule has 3 fully saturated rings. The third kappa shape index (κ3) is 3.36. The molecular weight excluding hydrogens is 408 g/mol. The van der Waals surface area contributed by atoms with Crippen LogP contribution in [-0.2, 0) is 28.7 Å². The molecule has 3 saturated carbocycles. The maximum Gasteiger partial charge on any atom is 0.307 e. The molecule has 6 nitrogen and oxygen atoms in total. The van der Waals surface area contributed by atoms with Crippen LogP contribution in [-0.4, -0.2) is 36.2 Å². The maximum absolute atomic E-state index is 13.0. The van der Waals surface area contributed by atoms with Gasteiger partial charge in [-0.25, -0.2) is 0 Å². The molecular formula is C26H36O6. The van der Waals surface area contributed by atoms with Gasteiger partial charge in [-0.2, -0.15) is 0 Å². The lowest BCUT2D eigenvalue weighted by atomic mass is 9.46. The van der Waals surface area contributed by atoms with Crippen molar-refractivity contribution in [1.82, 2.24) is 0 Å². The van der Waals surface area contributed by atoms with Crippen LogP contribution in [0.5, 0.6) is 0 Å². The van der Waals surface area contributed by atoms with E-state index >= 15 is 0 Å². The lowest BCUT2D eigenvalue weighted by molar-refractivity contribution is -0.189. The van der Waals surface area contributed by atoms with Gasteiger partial charge in [-0.3, -0.25) is 19.2 Å². The van der Waals surface area contributed by atoms with Gasteiger partial charge >= 0.3 is 11.9 Å². The van der Waals surface area contributed by atoms with E-state index in [0.717, 1.165) is 38.5 Å². The van der Waals surface area contributed by atoms with Crippen LogP contribution in [0.2, 0.25) is 0 Å². The Morgan fingerprint density at radius 1 is 0.969 bits per heavy atom. The zero-order valence-electron chi connectivity index (χ0n) is 19.8. The molecule has 0 saturated heterocycles. The SMILES string of the molecule is COC(=O)CCC(=O)O[C@]1(C(C)=O)CC[C@H]2[C@@H]3CCC4=CC(=O)CC[C@]4(C)[C@H]3CC[C@@]21C. The van der Waals surface area contributed by atoms with Gasteiger partial charge in [-0.05, 0) is 81.1 Å². The molecule has 176 valence electrons. The highest BCUT2D eigenvalue weighted by molar-refractivity contribution is 5.92. The summed E-state index contributed by atoms with van der Waals surface area (Å²) in [5.74, 6) is 0.506. The van der Waals surface area contributed by atoms with E-state index in [1.54, 1.807) is 6.92 Å². The Hall–Kier alpha value is -1.98. The van der Waals surface area contributed by atoms with Crippen molar-refractivity contribution in [3.8, 4) is 0 Å². The Morgan fingerprint density at radius 2 is 1.66 bits per heavy atom. The zero-order chi connectivity index (χ0) is 23.3. The summed E-state index contributed by atoms with van der Waals surface area (Å²) in [6.07, 6.45) is 8.55. The number of ketones is 2. The molecule has 0 N–H and O–H groups in total. The number of carbonyl (C=O) groups excluding carboxylic acids is 4. The Bertz CT molecular complexity index is 874. The molecule has 4 aliphatic rings. The minimum atomic E-state index is -1.12. The van der Waals surface area contributed by atoms with E-state index in [-0.39, 0.29) is 29.8 Å². The summed E-state index contributed by atoms with van der Waals surface area (Å²) in [4.78, 5) is 49.2. The standard InChI is InChI=1S/C26H36O6/c1-16(27)26(32-23(30)8-7-22(29)31-4)14-11-21-19-6-5-17-15-18(28)9-12-24(17,2)20(19)10-13-25(21,26)3/h15,19-21H,5-14H2,1-4H3/t19-,20+,21+,24+,25+,26+/m1/s1. The summed E-state index contributed by atoms with van der Waals surface area (Å²) < 4.78 is 10.6. The quantitative estimate of drug-likeness (QED) is 0.586. The predicted molar refractivity (Wildman–Crippen MR) is 117 cm³/mol. The molecule has 0 bridgehead atoms. The monoisotopic (exact) mass is 444 g/mol. The first-order chi connectivity index (χ1) is 15.1. The van der Waals surface area contributed by atoms with E-state index in [0.29, 0.717) is 30.6 Å². The summed E-state index contributed by atoms with van der Waals surface area (Å²) >= 11 is 0. The summed E-state index contributed by atoms with van der Waals surface area (Å²) in [5, 5.41) is 0. The summed E-state index contributed by atoms with van der Waals surface area (Å²) in [6.45, 7) is 6.03. The number of rotatable bonds is 5. The largest absolute Gasteiger partial charge is 0.469 e. The van der Waals surface area contributed by atoms with Gasteiger partial charge in [-0.1, -0.05) is 19.4 Å². The molecule has 32 heavy (non-hydrogen) atoms. The predicted octanol–water partition coefficient (Wildman–Crippen LogP) is 4.34. The highest BCUT2D eigenvalue weighted by Gasteiger charge is 2.67. The van der Waals surface area contributed by atoms with Crippen LogP contribution in [0.15, 0.2) is 11.6 Å². The number of allylic oxidation sites excluding steroid dienone is 1. The van der Waals surface area contributed by atoms with E-state index in [1.165, 1.54) is 12.7 Å². The van der Waals surface area contributed by atoms with Crippen LogP contribution < -0.4 is 0 Å². The number of hydrogen-bond acceptors (Lipinski definition) is 6. The van der Waals surface area contributed by atoms with E-state index in [9.17, 15) is 19.2 Å². The van der Waals surface area contributed by atoms with Crippen molar-refractivity contribution < 1.29 is 28.7 Å². The van der Waals surface area contributed by atoms with Gasteiger partial charge in [0.25, 0.3) is 0 Å². The lowest BCUT2D eigenvalue weighted by Gasteiger charge is -2.59. The van der Waals surface area contributed by atoms with E-state index in [1.807, 2.05) is 6.08 Å². The fourth-order valence-corrected chi connectivity index (χ4v) is 7.93. The van der Waals surface area contributed by atoms with Gasteiger partial charge in [0.05, 0.1) is 20.0 Å². The van der Waals surface area contributed by atoms with Crippen molar-refractivity contribution in [2.24, 2.45) is 28.6 Å². The van der Waals surface area contributed by atoms with Crippen LogP contribution in [0.25, 0.3) is 0 Å². The molecule has 0 aliphatic heterocycles. The molecule has 0 heterocycles. The average Bonchev–Trinajstić information content (AvgIpc) is 3.05. The number of carbonyl (C=O) groups is 4. The molecule has 6 heteroatoms. The molecule has 0 radical (unpaired) electrons. The van der Waals surface area contributed by atoms with Crippen LogP contribution >= 0.6 is 0 Å². The number of methoxy groups -OCH3 is 1. The van der Waals surface area contributed by atoms with Gasteiger partial charge in [0, 0.05) is 11.8 Å². The van der Waals surface area contributed by atoms with E-state index < -0.39 is 23.0 Å². The van der Waals surface area contributed by atoms with Crippen molar-refractivity contribution in [3.63, 3.8) is 0 Å². The average molecular weight is 445 g/mol. The number of hydrogen-bond donors (Lipinski definition) is 0. The summed E-state index contributed by atoms with van der Waals surface area (Å²) in [7, 11) is 1.29. The first kappa shape index (κ1) is 23.2. The minimum Gasteiger partial charge on any atom is -0.469 e. The van der Waals surface area contributed by atoms with Gasteiger partial charge in [0.2, 0.25) is 0 Å². The number of ether oxygens (including phenoxy) is 2. The summed E-state index contributed by atoms with van der Waals surface area (Å²) in [6, 6.07) is 0. The Kier molecular flexibility index (Phi) is 5.87. The highest BCUT2D eigenvalue weighted by Crippen LogP contribution is 2.68. The van der Waals surface area contributed by atoms with Gasteiger partial charge in [-0.15, -0.1) is 0 Å². The van der Waals surface area contributed by atoms with Gasteiger partial charge in [0.15, 0.2) is 17.2 Å². The molecule has 6 atom stereocenters. The third-order valence-corrected chi connectivity index (χ3v) is 9.70.